The van der Waals surface area contributed by atoms with Crippen molar-refractivity contribution >= 4 is 0 Å². The average Bonchev–Trinajstić information content (AvgIpc) is 2.57. The zero-order valence-electron chi connectivity index (χ0n) is 7.66. The predicted molar refractivity (Wildman–Crippen MR) is 52.7 cm³/mol. The Kier molecular flexibility index (Phi) is 2.17. The smallest absolute Gasteiger partial charge is 0.0937 e. The molecule has 0 atom stereocenters. The highest BCUT2D eigenvalue weighted by Crippen LogP contribution is 2.10. The van der Waals surface area contributed by atoms with E-state index in [2.05, 4.69) is 31.2 Å². The molecule has 0 saturated carbocycles. The first kappa shape index (κ1) is 8.11. The number of hydrogen-bond donors (Lipinski definition) is 0. The fourth-order valence-electron chi connectivity index (χ4n) is 1.45. The minimum Gasteiger partial charge on any atom is -0.472 e. The zero-order valence-corrected chi connectivity index (χ0v) is 7.66. The molecule has 0 saturated heterocycles. The van der Waals surface area contributed by atoms with E-state index in [9.17, 15) is 0 Å². The maximum atomic E-state index is 5.02. The number of aryl methyl sites for hydroxylation is 1. The van der Waals surface area contributed by atoms with Crippen molar-refractivity contribution in [2.24, 2.45) is 0 Å². The van der Waals surface area contributed by atoms with E-state index in [0.29, 0.717) is 0 Å². The van der Waals surface area contributed by atoms with Crippen molar-refractivity contribution < 1.29 is 4.42 Å². The summed E-state index contributed by atoms with van der Waals surface area (Å²) >= 11 is 0. The van der Waals surface area contributed by atoms with Crippen molar-refractivity contribution in [3.05, 3.63) is 59.5 Å². The third-order valence-corrected chi connectivity index (χ3v) is 2.07. The van der Waals surface area contributed by atoms with E-state index in [0.717, 1.165) is 6.42 Å². The van der Waals surface area contributed by atoms with Crippen LogP contribution < -0.4 is 0 Å². The molecule has 1 heterocycles. The SMILES string of the molecule is Cc1cccc(Cc2ccoc2)c1. The summed E-state index contributed by atoms with van der Waals surface area (Å²) in [5, 5.41) is 0. The molecule has 13 heavy (non-hydrogen) atoms. The number of hydrogen-bond acceptors (Lipinski definition) is 1. The molecule has 0 bridgehead atoms. The molecule has 0 radical (unpaired) electrons. The van der Waals surface area contributed by atoms with Crippen molar-refractivity contribution in [2.45, 2.75) is 13.3 Å². The van der Waals surface area contributed by atoms with Gasteiger partial charge in [-0.05, 0) is 24.1 Å². The summed E-state index contributed by atoms with van der Waals surface area (Å²) in [5.41, 5.74) is 3.87. The van der Waals surface area contributed by atoms with Crippen LogP contribution in [0.15, 0.2) is 47.3 Å². The third kappa shape index (κ3) is 2.00. The van der Waals surface area contributed by atoms with E-state index in [1.807, 2.05) is 6.07 Å². The quantitative estimate of drug-likeness (QED) is 0.678. The third-order valence-electron chi connectivity index (χ3n) is 2.07. The Bertz CT molecular complexity index is 374. The van der Waals surface area contributed by atoms with Crippen molar-refractivity contribution in [1.82, 2.24) is 0 Å². The fraction of sp³-hybridized carbons (Fsp3) is 0.167. The molecular weight excluding hydrogens is 160 g/mol. The average molecular weight is 172 g/mol. The topological polar surface area (TPSA) is 13.1 Å². The first-order chi connectivity index (χ1) is 6.34. The standard InChI is InChI=1S/C12H12O/c1-10-3-2-4-11(7-10)8-12-5-6-13-9-12/h2-7,9H,8H2,1H3. The molecule has 2 aromatic rings. The first-order valence-corrected chi connectivity index (χ1v) is 4.41. The number of furan rings is 1. The van der Waals surface area contributed by atoms with Gasteiger partial charge in [-0.1, -0.05) is 29.8 Å². The van der Waals surface area contributed by atoms with E-state index < -0.39 is 0 Å². The molecule has 2 rings (SSSR count). The van der Waals surface area contributed by atoms with Crippen molar-refractivity contribution in [2.75, 3.05) is 0 Å². The Labute approximate surface area is 78.0 Å². The van der Waals surface area contributed by atoms with Gasteiger partial charge >= 0.3 is 0 Å². The zero-order chi connectivity index (χ0) is 9.10. The van der Waals surface area contributed by atoms with Crippen LogP contribution in [0.4, 0.5) is 0 Å². The normalized spacial score (nSPS) is 10.2. The molecule has 0 N–H and O–H groups in total. The molecule has 66 valence electrons. The molecule has 1 nitrogen and oxygen atoms in total. The van der Waals surface area contributed by atoms with Crippen LogP contribution in [0.25, 0.3) is 0 Å². The van der Waals surface area contributed by atoms with Gasteiger partial charge in [-0.2, -0.15) is 0 Å². The van der Waals surface area contributed by atoms with Gasteiger partial charge in [0.05, 0.1) is 12.5 Å². The number of benzene rings is 1. The molecule has 0 fully saturated rings. The molecule has 0 spiro atoms. The maximum absolute atomic E-state index is 5.02. The van der Waals surface area contributed by atoms with Gasteiger partial charge in [0.15, 0.2) is 0 Å². The summed E-state index contributed by atoms with van der Waals surface area (Å²) in [4.78, 5) is 0. The second-order valence-corrected chi connectivity index (χ2v) is 3.30. The lowest BCUT2D eigenvalue weighted by atomic mass is 10.1. The number of rotatable bonds is 2. The summed E-state index contributed by atoms with van der Waals surface area (Å²) in [7, 11) is 0. The molecule has 0 unspecified atom stereocenters. The molecule has 0 amide bonds. The van der Waals surface area contributed by atoms with Gasteiger partial charge in [-0.15, -0.1) is 0 Å². The van der Waals surface area contributed by atoms with Gasteiger partial charge in [0, 0.05) is 6.42 Å². The lowest BCUT2D eigenvalue weighted by Gasteiger charge is -1.99. The highest BCUT2D eigenvalue weighted by molar-refractivity contribution is 5.27. The second kappa shape index (κ2) is 3.48. The van der Waals surface area contributed by atoms with Crippen molar-refractivity contribution in [1.29, 1.82) is 0 Å². The fourth-order valence-corrected chi connectivity index (χ4v) is 1.45. The van der Waals surface area contributed by atoms with Gasteiger partial charge in [0.1, 0.15) is 0 Å². The Morgan fingerprint density at radius 2 is 2.08 bits per heavy atom. The van der Waals surface area contributed by atoms with E-state index in [1.54, 1.807) is 12.5 Å². The van der Waals surface area contributed by atoms with Crippen LogP contribution in [-0.4, -0.2) is 0 Å². The predicted octanol–water partition coefficient (Wildman–Crippen LogP) is 3.18. The highest BCUT2D eigenvalue weighted by atomic mass is 16.3. The minimum absolute atomic E-state index is 0.957. The van der Waals surface area contributed by atoms with E-state index in [4.69, 9.17) is 4.42 Å². The monoisotopic (exact) mass is 172 g/mol. The molecule has 1 heteroatoms. The molecule has 1 aromatic carbocycles. The van der Waals surface area contributed by atoms with Crippen LogP contribution in [0.5, 0.6) is 0 Å². The highest BCUT2D eigenvalue weighted by Gasteiger charge is 1.96. The van der Waals surface area contributed by atoms with E-state index >= 15 is 0 Å². The Hall–Kier alpha value is -1.50. The summed E-state index contributed by atoms with van der Waals surface area (Å²) in [5.74, 6) is 0. The molecular formula is C12H12O. The molecule has 1 aromatic heterocycles. The second-order valence-electron chi connectivity index (χ2n) is 3.30. The van der Waals surface area contributed by atoms with Crippen LogP contribution in [0, 0.1) is 6.92 Å². The lowest BCUT2D eigenvalue weighted by molar-refractivity contribution is 0.564. The molecule has 0 aliphatic heterocycles. The maximum Gasteiger partial charge on any atom is 0.0937 e. The molecule has 0 aliphatic rings. The van der Waals surface area contributed by atoms with Crippen LogP contribution in [0.3, 0.4) is 0 Å². The Balaban J connectivity index is 2.19. The van der Waals surface area contributed by atoms with Crippen LogP contribution in [0.2, 0.25) is 0 Å². The summed E-state index contributed by atoms with van der Waals surface area (Å²) in [6.45, 7) is 2.11. The Morgan fingerprint density at radius 1 is 1.15 bits per heavy atom. The van der Waals surface area contributed by atoms with Gasteiger partial charge in [0.2, 0.25) is 0 Å². The van der Waals surface area contributed by atoms with Crippen LogP contribution in [0.1, 0.15) is 16.7 Å². The van der Waals surface area contributed by atoms with Crippen LogP contribution >= 0.6 is 0 Å². The molecule has 0 aliphatic carbocycles. The van der Waals surface area contributed by atoms with E-state index in [1.165, 1.54) is 16.7 Å². The van der Waals surface area contributed by atoms with Gasteiger partial charge in [-0.25, -0.2) is 0 Å². The van der Waals surface area contributed by atoms with Crippen LogP contribution in [-0.2, 0) is 6.42 Å². The minimum atomic E-state index is 0.957. The Morgan fingerprint density at radius 3 is 2.77 bits per heavy atom. The van der Waals surface area contributed by atoms with Gasteiger partial charge in [0.25, 0.3) is 0 Å². The van der Waals surface area contributed by atoms with Crippen molar-refractivity contribution in [3.8, 4) is 0 Å². The summed E-state index contributed by atoms with van der Waals surface area (Å²) in [6, 6.07) is 10.5. The first-order valence-electron chi connectivity index (χ1n) is 4.41. The summed E-state index contributed by atoms with van der Waals surface area (Å²) < 4.78 is 5.02. The lowest BCUT2D eigenvalue weighted by Crippen LogP contribution is -1.85. The van der Waals surface area contributed by atoms with Gasteiger partial charge in [-0.3, -0.25) is 0 Å². The largest absolute Gasteiger partial charge is 0.472 e. The van der Waals surface area contributed by atoms with E-state index in [-0.39, 0.29) is 0 Å². The van der Waals surface area contributed by atoms with Gasteiger partial charge < -0.3 is 4.42 Å². The van der Waals surface area contributed by atoms with Crippen molar-refractivity contribution in [3.63, 3.8) is 0 Å². The summed E-state index contributed by atoms with van der Waals surface area (Å²) in [6.07, 6.45) is 4.46.